The van der Waals surface area contributed by atoms with Crippen molar-refractivity contribution in [2.45, 2.75) is 111 Å². The fraction of sp³-hybridized carbons (Fsp3) is 0.897. The van der Waals surface area contributed by atoms with E-state index >= 15 is 0 Å². The second-order valence-corrected chi connectivity index (χ2v) is 12.7. The Hall–Kier alpha value is -1.59. The third-order valence-corrected chi connectivity index (χ3v) is 11.1. The third kappa shape index (κ3) is 4.87. The molecule has 0 spiro atoms. The zero-order chi connectivity index (χ0) is 25.5. The number of hydrogen-bond donors (Lipinski definition) is 0. The summed E-state index contributed by atoms with van der Waals surface area (Å²) in [6.45, 7) is 10.3. The highest BCUT2D eigenvalue weighted by atomic mass is 16.5. The molecule has 0 amide bonds. The van der Waals surface area contributed by atoms with Crippen LogP contribution in [0.1, 0.15) is 98.8 Å². The molecule has 6 heteroatoms. The van der Waals surface area contributed by atoms with Gasteiger partial charge in [-0.25, -0.2) is 0 Å². The highest BCUT2D eigenvalue weighted by Crippen LogP contribution is 2.68. The standard InChI is InChI=1S/C29H46O6/c1-17(7-10-26(32)33-6)22-8-9-23-27-24(12-14-29(22,23)5)28(4)13-11-21(34-18(2)30)15-20(28)16-25(27)35-19(3)31/h17,20-25,27H,7-16H2,1-6H3/t17-,20-,21-,22-,23+,24+,25-,27+,28+,29-/m1/s1. The third-order valence-electron chi connectivity index (χ3n) is 11.1. The van der Waals surface area contributed by atoms with E-state index in [1.807, 2.05) is 0 Å². The summed E-state index contributed by atoms with van der Waals surface area (Å²) < 4.78 is 16.6. The van der Waals surface area contributed by atoms with Crippen LogP contribution < -0.4 is 0 Å². The average molecular weight is 491 g/mol. The average Bonchev–Trinajstić information content (AvgIpc) is 3.14. The van der Waals surface area contributed by atoms with Crippen molar-refractivity contribution < 1.29 is 28.6 Å². The Balaban J connectivity index is 1.57. The van der Waals surface area contributed by atoms with Crippen LogP contribution in [-0.4, -0.2) is 37.2 Å². The van der Waals surface area contributed by atoms with Gasteiger partial charge in [0.1, 0.15) is 12.2 Å². The van der Waals surface area contributed by atoms with Crippen LogP contribution in [0.2, 0.25) is 0 Å². The molecule has 4 saturated carbocycles. The molecule has 0 aromatic carbocycles. The number of hydrogen-bond acceptors (Lipinski definition) is 6. The van der Waals surface area contributed by atoms with E-state index in [4.69, 9.17) is 14.2 Å². The molecular weight excluding hydrogens is 444 g/mol. The predicted molar refractivity (Wildman–Crippen MR) is 132 cm³/mol. The summed E-state index contributed by atoms with van der Waals surface area (Å²) in [7, 11) is 1.47. The fourth-order valence-electron chi connectivity index (χ4n) is 9.46. The highest BCUT2D eigenvalue weighted by Gasteiger charge is 2.63. The molecule has 0 N–H and O–H groups in total. The van der Waals surface area contributed by atoms with Crippen LogP contribution in [0.25, 0.3) is 0 Å². The van der Waals surface area contributed by atoms with Gasteiger partial charge in [0.2, 0.25) is 0 Å². The van der Waals surface area contributed by atoms with Crippen LogP contribution in [0.5, 0.6) is 0 Å². The quantitative estimate of drug-likeness (QED) is 0.351. The van der Waals surface area contributed by atoms with Crippen LogP contribution in [0.15, 0.2) is 0 Å². The van der Waals surface area contributed by atoms with Crippen LogP contribution in [0.4, 0.5) is 0 Å². The van der Waals surface area contributed by atoms with Crippen LogP contribution in [-0.2, 0) is 28.6 Å². The summed E-state index contributed by atoms with van der Waals surface area (Å²) in [6, 6.07) is 0. The summed E-state index contributed by atoms with van der Waals surface area (Å²) in [4.78, 5) is 35.6. The van der Waals surface area contributed by atoms with E-state index in [1.165, 1.54) is 39.7 Å². The van der Waals surface area contributed by atoms with E-state index in [0.29, 0.717) is 41.9 Å². The first-order chi connectivity index (χ1) is 16.5. The number of esters is 3. The fourth-order valence-corrected chi connectivity index (χ4v) is 9.46. The lowest BCUT2D eigenvalue weighted by atomic mass is 9.43. The normalized spacial score (nSPS) is 43.2. The number of carbonyl (C=O) groups is 3. The number of methoxy groups -OCH3 is 1. The Morgan fingerprint density at radius 1 is 0.886 bits per heavy atom. The van der Waals surface area contributed by atoms with Crippen LogP contribution in [0.3, 0.4) is 0 Å². The minimum atomic E-state index is -0.199. The van der Waals surface area contributed by atoms with Gasteiger partial charge in [0, 0.05) is 26.2 Å². The summed E-state index contributed by atoms with van der Waals surface area (Å²) in [6.07, 6.45) is 9.80. The Labute approximate surface area is 211 Å². The van der Waals surface area contributed by atoms with Gasteiger partial charge in [-0.05, 0) is 98.2 Å². The lowest BCUT2D eigenvalue weighted by Gasteiger charge is -2.62. The maximum atomic E-state index is 12.2. The summed E-state index contributed by atoms with van der Waals surface area (Å²) in [5, 5.41) is 0. The molecule has 4 rings (SSSR count). The zero-order valence-electron chi connectivity index (χ0n) is 22.6. The summed E-state index contributed by atoms with van der Waals surface area (Å²) in [5.41, 5.74) is 0.418. The Morgan fingerprint density at radius 3 is 2.20 bits per heavy atom. The molecule has 0 radical (unpaired) electrons. The van der Waals surface area contributed by atoms with Gasteiger partial charge in [0.05, 0.1) is 7.11 Å². The van der Waals surface area contributed by atoms with Crippen molar-refractivity contribution in [2.24, 2.45) is 46.3 Å². The number of carbonyl (C=O) groups excluding carboxylic acids is 3. The second-order valence-electron chi connectivity index (χ2n) is 12.7. The van der Waals surface area contributed by atoms with Crippen molar-refractivity contribution in [3.8, 4) is 0 Å². The van der Waals surface area contributed by atoms with Crippen molar-refractivity contribution in [1.82, 2.24) is 0 Å². The van der Waals surface area contributed by atoms with Gasteiger partial charge in [-0.2, -0.15) is 0 Å². The lowest BCUT2D eigenvalue weighted by molar-refractivity contribution is -0.197. The summed E-state index contributed by atoms with van der Waals surface area (Å²) in [5.74, 6) is 2.43. The minimum Gasteiger partial charge on any atom is -0.469 e. The van der Waals surface area contributed by atoms with Gasteiger partial charge in [-0.1, -0.05) is 20.8 Å². The number of ether oxygens (including phenoxy) is 3. The molecule has 4 aliphatic carbocycles. The van der Waals surface area contributed by atoms with E-state index in [9.17, 15) is 14.4 Å². The Bertz CT molecular complexity index is 824. The highest BCUT2D eigenvalue weighted by molar-refractivity contribution is 5.69. The molecule has 0 aliphatic heterocycles. The van der Waals surface area contributed by atoms with Gasteiger partial charge in [-0.15, -0.1) is 0 Å². The van der Waals surface area contributed by atoms with Gasteiger partial charge in [0.25, 0.3) is 0 Å². The molecule has 6 nitrogen and oxygen atoms in total. The van der Waals surface area contributed by atoms with E-state index in [-0.39, 0.29) is 40.9 Å². The molecule has 4 aliphatic rings. The van der Waals surface area contributed by atoms with E-state index in [1.54, 1.807) is 6.92 Å². The molecule has 0 aromatic rings. The van der Waals surface area contributed by atoms with Crippen molar-refractivity contribution >= 4 is 17.9 Å². The molecule has 0 heterocycles. The largest absolute Gasteiger partial charge is 0.469 e. The number of rotatable bonds is 6. The Kier molecular flexibility index (Phi) is 7.60. The number of fused-ring (bicyclic) bond motifs is 5. The van der Waals surface area contributed by atoms with Crippen LogP contribution >= 0.6 is 0 Å². The molecule has 0 saturated heterocycles. The molecule has 0 bridgehead atoms. The van der Waals surface area contributed by atoms with Gasteiger partial charge < -0.3 is 14.2 Å². The maximum Gasteiger partial charge on any atom is 0.305 e. The predicted octanol–water partition coefficient (Wildman–Crippen LogP) is 5.71. The first-order valence-electron chi connectivity index (χ1n) is 13.9. The van der Waals surface area contributed by atoms with Crippen LogP contribution in [0, 0.1) is 46.3 Å². The van der Waals surface area contributed by atoms with E-state index in [2.05, 4.69) is 20.8 Å². The monoisotopic (exact) mass is 490 g/mol. The SMILES string of the molecule is COC(=O)CC[C@@H](C)[C@H]1CC[C@H]2[C@@H]3[C@H](OC(C)=O)C[C@H]4C[C@H](OC(C)=O)CC[C@]4(C)[C@H]3CC[C@]12C. The topological polar surface area (TPSA) is 78.9 Å². The van der Waals surface area contributed by atoms with Crippen molar-refractivity contribution in [2.75, 3.05) is 7.11 Å². The van der Waals surface area contributed by atoms with Crippen molar-refractivity contribution in [3.05, 3.63) is 0 Å². The maximum absolute atomic E-state index is 12.2. The molecule has 4 fully saturated rings. The molecule has 35 heavy (non-hydrogen) atoms. The smallest absolute Gasteiger partial charge is 0.305 e. The van der Waals surface area contributed by atoms with Gasteiger partial charge in [0.15, 0.2) is 0 Å². The minimum absolute atomic E-state index is 0.0134. The van der Waals surface area contributed by atoms with E-state index < -0.39 is 0 Å². The van der Waals surface area contributed by atoms with Crippen molar-refractivity contribution in [1.29, 1.82) is 0 Å². The second kappa shape index (κ2) is 10.0. The lowest BCUT2D eigenvalue weighted by Crippen LogP contribution is -2.59. The molecule has 0 unspecified atom stereocenters. The molecule has 10 atom stereocenters. The van der Waals surface area contributed by atoms with Gasteiger partial charge in [-0.3, -0.25) is 14.4 Å². The first-order valence-corrected chi connectivity index (χ1v) is 13.9. The molecular formula is C29H46O6. The van der Waals surface area contributed by atoms with E-state index in [0.717, 1.165) is 32.1 Å². The summed E-state index contributed by atoms with van der Waals surface area (Å²) >= 11 is 0. The first kappa shape index (κ1) is 26.5. The van der Waals surface area contributed by atoms with Gasteiger partial charge >= 0.3 is 17.9 Å². The molecule has 198 valence electrons. The zero-order valence-corrected chi connectivity index (χ0v) is 22.6. The Morgan fingerprint density at radius 2 is 1.54 bits per heavy atom. The van der Waals surface area contributed by atoms with Crippen molar-refractivity contribution in [3.63, 3.8) is 0 Å². The molecule has 0 aromatic heterocycles.